The summed E-state index contributed by atoms with van der Waals surface area (Å²) in [6, 6.07) is 0. The molecule has 1 aliphatic rings. The SMILES string of the molecule is CC1(C)NC(C(=O)[O-])=CO1. The first-order valence-corrected chi connectivity index (χ1v) is 2.89. The Morgan fingerprint density at radius 1 is 1.80 bits per heavy atom. The molecule has 1 N–H and O–H groups in total. The molecule has 0 atom stereocenters. The summed E-state index contributed by atoms with van der Waals surface area (Å²) in [4.78, 5) is 10.2. The zero-order valence-electron chi connectivity index (χ0n) is 5.80. The first-order chi connectivity index (χ1) is 4.51. The summed E-state index contributed by atoms with van der Waals surface area (Å²) >= 11 is 0. The van der Waals surface area contributed by atoms with E-state index in [1.54, 1.807) is 13.8 Å². The molecule has 0 aromatic heterocycles. The molecule has 0 radical (unpaired) electrons. The van der Waals surface area contributed by atoms with Gasteiger partial charge in [0.2, 0.25) is 0 Å². The molecule has 0 aliphatic carbocycles. The van der Waals surface area contributed by atoms with Gasteiger partial charge in [-0.15, -0.1) is 0 Å². The van der Waals surface area contributed by atoms with Crippen LogP contribution in [0.2, 0.25) is 0 Å². The average molecular weight is 142 g/mol. The van der Waals surface area contributed by atoms with Crippen molar-refractivity contribution in [3.63, 3.8) is 0 Å². The Bertz CT molecular complexity index is 195. The molecule has 0 saturated carbocycles. The maximum atomic E-state index is 10.2. The van der Waals surface area contributed by atoms with Gasteiger partial charge in [-0.2, -0.15) is 0 Å². The van der Waals surface area contributed by atoms with Gasteiger partial charge in [0, 0.05) is 0 Å². The van der Waals surface area contributed by atoms with Crippen LogP contribution in [0.1, 0.15) is 13.8 Å². The monoisotopic (exact) mass is 142 g/mol. The number of aliphatic carboxylic acids is 1. The van der Waals surface area contributed by atoms with Gasteiger partial charge in [-0.05, 0) is 13.8 Å². The largest absolute Gasteiger partial charge is 0.543 e. The van der Waals surface area contributed by atoms with Crippen LogP contribution >= 0.6 is 0 Å². The number of hydrogen-bond acceptors (Lipinski definition) is 4. The molecule has 0 aromatic carbocycles. The quantitative estimate of drug-likeness (QED) is 0.506. The standard InChI is InChI=1S/C6H9NO3/c1-6(2)7-4(3-10-6)5(8)9/h3,7H,1-2H3,(H,8,9)/p-1. The Morgan fingerprint density at radius 3 is 2.60 bits per heavy atom. The third-order valence-electron chi connectivity index (χ3n) is 1.13. The van der Waals surface area contributed by atoms with Crippen molar-refractivity contribution >= 4 is 5.97 Å². The Balaban J connectivity index is 2.64. The highest BCUT2D eigenvalue weighted by Gasteiger charge is 2.24. The van der Waals surface area contributed by atoms with Gasteiger partial charge >= 0.3 is 0 Å². The van der Waals surface area contributed by atoms with Gasteiger partial charge in [0.05, 0.1) is 11.7 Å². The summed E-state index contributed by atoms with van der Waals surface area (Å²) < 4.78 is 4.92. The van der Waals surface area contributed by atoms with Crippen LogP contribution in [-0.2, 0) is 9.53 Å². The fourth-order valence-electron chi connectivity index (χ4n) is 0.689. The molecule has 56 valence electrons. The molecule has 1 heterocycles. The van der Waals surface area contributed by atoms with Gasteiger partial charge in [0.25, 0.3) is 0 Å². The van der Waals surface area contributed by atoms with Crippen molar-refractivity contribution in [2.45, 2.75) is 19.6 Å². The lowest BCUT2D eigenvalue weighted by molar-refractivity contribution is -0.299. The Morgan fingerprint density at radius 2 is 2.40 bits per heavy atom. The highest BCUT2D eigenvalue weighted by atomic mass is 16.5. The molecule has 0 saturated heterocycles. The molecule has 4 nitrogen and oxygen atoms in total. The molecule has 0 amide bonds. The summed E-state index contributed by atoms with van der Waals surface area (Å²) in [5.74, 6) is -1.24. The molecule has 1 aliphatic heterocycles. The van der Waals surface area contributed by atoms with Crippen molar-refractivity contribution in [3.8, 4) is 0 Å². The lowest BCUT2D eigenvalue weighted by Crippen LogP contribution is -2.40. The molecule has 0 spiro atoms. The molecular weight excluding hydrogens is 134 g/mol. The zero-order chi connectivity index (χ0) is 7.78. The first-order valence-electron chi connectivity index (χ1n) is 2.89. The van der Waals surface area contributed by atoms with Crippen LogP contribution in [-0.4, -0.2) is 11.7 Å². The van der Waals surface area contributed by atoms with E-state index in [-0.39, 0.29) is 5.70 Å². The van der Waals surface area contributed by atoms with Crippen molar-refractivity contribution in [1.82, 2.24) is 5.32 Å². The minimum absolute atomic E-state index is 0.00926. The molecular formula is C6H8NO3-. The number of ether oxygens (including phenoxy) is 1. The zero-order valence-corrected chi connectivity index (χ0v) is 5.80. The molecule has 0 fully saturated rings. The summed E-state index contributed by atoms with van der Waals surface area (Å²) in [7, 11) is 0. The Kier molecular flexibility index (Phi) is 1.31. The van der Waals surface area contributed by atoms with Crippen LogP contribution in [0.3, 0.4) is 0 Å². The number of nitrogens with one attached hydrogen (secondary N) is 1. The third kappa shape index (κ3) is 1.21. The lowest BCUT2D eigenvalue weighted by Gasteiger charge is -2.19. The normalized spacial score (nSPS) is 20.8. The van der Waals surface area contributed by atoms with Crippen molar-refractivity contribution in [2.24, 2.45) is 0 Å². The van der Waals surface area contributed by atoms with E-state index in [0.717, 1.165) is 6.26 Å². The van der Waals surface area contributed by atoms with E-state index in [1.807, 2.05) is 0 Å². The maximum absolute atomic E-state index is 10.2. The van der Waals surface area contributed by atoms with Crippen LogP contribution in [0.5, 0.6) is 0 Å². The number of carbonyl (C=O) groups is 1. The third-order valence-corrected chi connectivity index (χ3v) is 1.13. The number of rotatable bonds is 1. The summed E-state index contributed by atoms with van der Waals surface area (Å²) in [5, 5.41) is 12.8. The highest BCUT2D eigenvalue weighted by molar-refractivity contribution is 5.84. The van der Waals surface area contributed by atoms with Gasteiger partial charge in [-0.25, -0.2) is 0 Å². The molecule has 0 bridgehead atoms. The van der Waals surface area contributed by atoms with Crippen molar-refractivity contribution in [1.29, 1.82) is 0 Å². The van der Waals surface area contributed by atoms with Gasteiger partial charge in [0.1, 0.15) is 6.26 Å². The second-order valence-corrected chi connectivity index (χ2v) is 2.57. The van der Waals surface area contributed by atoms with E-state index >= 15 is 0 Å². The van der Waals surface area contributed by atoms with E-state index in [4.69, 9.17) is 4.74 Å². The summed E-state index contributed by atoms with van der Waals surface area (Å²) in [6.07, 6.45) is 1.15. The fraction of sp³-hybridized carbons (Fsp3) is 0.500. The van der Waals surface area contributed by atoms with E-state index in [9.17, 15) is 9.90 Å². The van der Waals surface area contributed by atoms with Gasteiger partial charge in [0.15, 0.2) is 5.72 Å². The van der Waals surface area contributed by atoms with Crippen LogP contribution in [0.4, 0.5) is 0 Å². The van der Waals surface area contributed by atoms with Crippen molar-refractivity contribution in [2.75, 3.05) is 0 Å². The molecule has 4 heteroatoms. The predicted molar refractivity (Wildman–Crippen MR) is 31.4 cm³/mol. The smallest absolute Gasteiger partial charge is 0.174 e. The van der Waals surface area contributed by atoms with Crippen molar-refractivity contribution in [3.05, 3.63) is 12.0 Å². The molecule has 10 heavy (non-hydrogen) atoms. The Hall–Kier alpha value is -1.19. The second-order valence-electron chi connectivity index (χ2n) is 2.57. The minimum Gasteiger partial charge on any atom is -0.543 e. The average Bonchev–Trinajstić information content (AvgIpc) is 2.10. The van der Waals surface area contributed by atoms with E-state index < -0.39 is 11.7 Å². The maximum Gasteiger partial charge on any atom is 0.174 e. The highest BCUT2D eigenvalue weighted by Crippen LogP contribution is 2.14. The summed E-state index contributed by atoms with van der Waals surface area (Å²) in [5.41, 5.74) is -0.625. The van der Waals surface area contributed by atoms with E-state index in [0.29, 0.717) is 0 Å². The van der Waals surface area contributed by atoms with Crippen LogP contribution in [0, 0.1) is 0 Å². The molecule has 0 unspecified atom stereocenters. The van der Waals surface area contributed by atoms with Crippen molar-refractivity contribution < 1.29 is 14.6 Å². The number of carboxylic acids is 1. The van der Waals surface area contributed by atoms with Gasteiger partial charge in [-0.1, -0.05) is 0 Å². The molecule has 0 aromatic rings. The second kappa shape index (κ2) is 1.90. The van der Waals surface area contributed by atoms with Crippen LogP contribution in [0.25, 0.3) is 0 Å². The van der Waals surface area contributed by atoms with Gasteiger partial charge < -0.3 is 20.0 Å². The number of hydrogen-bond donors (Lipinski definition) is 1. The number of carboxylic acid groups (broad SMARTS) is 1. The van der Waals surface area contributed by atoms with E-state index in [1.165, 1.54) is 0 Å². The molecule has 1 rings (SSSR count). The number of carbonyl (C=O) groups excluding carboxylic acids is 1. The topological polar surface area (TPSA) is 61.4 Å². The predicted octanol–water partition coefficient (Wildman–Crippen LogP) is -1.07. The Labute approximate surface area is 58.5 Å². The van der Waals surface area contributed by atoms with Gasteiger partial charge in [-0.3, -0.25) is 0 Å². The van der Waals surface area contributed by atoms with Crippen LogP contribution in [0.15, 0.2) is 12.0 Å². The first kappa shape index (κ1) is 6.92. The minimum atomic E-state index is -1.24. The van der Waals surface area contributed by atoms with Crippen LogP contribution < -0.4 is 10.4 Å². The fourth-order valence-corrected chi connectivity index (χ4v) is 0.689. The van der Waals surface area contributed by atoms with E-state index in [2.05, 4.69) is 5.32 Å². The summed E-state index contributed by atoms with van der Waals surface area (Å²) in [6.45, 7) is 3.44. The lowest BCUT2D eigenvalue weighted by atomic mass is 10.3.